The summed E-state index contributed by atoms with van der Waals surface area (Å²) in [6, 6.07) is 19.2. The Morgan fingerprint density at radius 3 is 2.58 bits per heavy atom. The van der Waals surface area contributed by atoms with E-state index < -0.39 is 12.0 Å². The lowest BCUT2D eigenvalue weighted by Gasteiger charge is -2.33. The molecule has 0 amide bonds. The number of benzene rings is 3. The third-order valence-corrected chi connectivity index (χ3v) is 10.5. The Morgan fingerprint density at radius 1 is 0.943 bits per heavy atom. The Hall–Kier alpha value is -5.28. The van der Waals surface area contributed by atoms with Crippen LogP contribution in [0.5, 0.6) is 11.5 Å². The first-order chi connectivity index (χ1) is 25.7. The number of pyridine rings is 1. The first-order valence-electron chi connectivity index (χ1n) is 17.9. The van der Waals surface area contributed by atoms with Crippen LogP contribution in [0.25, 0.3) is 22.2 Å². The van der Waals surface area contributed by atoms with E-state index in [0.717, 1.165) is 89.3 Å². The molecule has 2 aliphatic heterocycles. The fraction of sp³-hybridized carbons (Fsp3) is 0.341. The third kappa shape index (κ3) is 8.36. The maximum atomic E-state index is 12.1. The number of likely N-dealkylation sites (tertiary alicyclic amines) is 1. The summed E-state index contributed by atoms with van der Waals surface area (Å²) < 4.78 is 12.7. The van der Waals surface area contributed by atoms with Gasteiger partial charge in [0.05, 0.1) is 27.8 Å². The minimum absolute atomic E-state index is 0.160. The number of carboxylic acid groups (broad SMARTS) is 1. The number of nitrogens with zero attached hydrogens (tertiary/aromatic N) is 7. The lowest BCUT2D eigenvalue weighted by Crippen LogP contribution is -2.44. The SMILES string of the molecule is Cc1c(COc2cc(OCc3cncc(C#N)c3)c(CN3CCCCC3C(=O)O)cc2Cl)cccc1-c1ccc2ncc(N3CCN(C)CC3)nc2c1. The lowest BCUT2D eigenvalue weighted by molar-refractivity contribution is -0.144. The number of piperidine rings is 1. The summed E-state index contributed by atoms with van der Waals surface area (Å²) in [5, 5.41) is 19.7. The van der Waals surface area contributed by atoms with Crippen molar-refractivity contribution in [2.24, 2.45) is 0 Å². The maximum absolute atomic E-state index is 12.1. The molecule has 53 heavy (non-hydrogen) atoms. The molecule has 12 heteroatoms. The number of likely N-dealkylation sites (N-methyl/N-ethyl adjacent to an activating group) is 1. The highest BCUT2D eigenvalue weighted by atomic mass is 35.5. The van der Waals surface area contributed by atoms with E-state index in [2.05, 4.69) is 53.0 Å². The number of fused-ring (bicyclic) bond motifs is 1. The Labute approximate surface area is 314 Å². The highest BCUT2D eigenvalue weighted by molar-refractivity contribution is 6.32. The topological polar surface area (TPSA) is 128 Å². The van der Waals surface area contributed by atoms with E-state index >= 15 is 0 Å². The predicted octanol–water partition coefficient (Wildman–Crippen LogP) is 6.87. The Balaban J connectivity index is 1.13. The monoisotopic (exact) mass is 731 g/mol. The Bertz CT molecular complexity index is 2170. The van der Waals surface area contributed by atoms with E-state index in [1.54, 1.807) is 24.4 Å². The van der Waals surface area contributed by atoms with Gasteiger partial charge in [-0.1, -0.05) is 42.3 Å². The van der Waals surface area contributed by atoms with Gasteiger partial charge < -0.3 is 24.4 Å². The first kappa shape index (κ1) is 36.1. The third-order valence-electron chi connectivity index (χ3n) is 10.2. The van der Waals surface area contributed by atoms with Gasteiger partial charge in [0.1, 0.15) is 42.6 Å². The van der Waals surface area contributed by atoms with Gasteiger partial charge in [-0.3, -0.25) is 19.7 Å². The van der Waals surface area contributed by atoms with E-state index in [1.807, 2.05) is 29.3 Å². The van der Waals surface area contributed by atoms with Crippen LogP contribution in [0.2, 0.25) is 5.02 Å². The Morgan fingerprint density at radius 2 is 1.77 bits per heavy atom. The number of aliphatic carboxylic acids is 1. The largest absolute Gasteiger partial charge is 0.488 e. The molecular formula is C41H42ClN7O4. The van der Waals surface area contributed by atoms with Crippen molar-refractivity contribution >= 4 is 34.4 Å². The molecule has 2 fully saturated rings. The average Bonchev–Trinajstić information content (AvgIpc) is 3.17. The number of aromatic nitrogens is 3. The van der Waals surface area contributed by atoms with Crippen LogP contribution in [0.15, 0.2) is 73.2 Å². The molecule has 0 radical (unpaired) electrons. The molecule has 272 valence electrons. The molecule has 7 rings (SSSR count). The zero-order chi connectivity index (χ0) is 36.9. The summed E-state index contributed by atoms with van der Waals surface area (Å²) in [7, 11) is 2.14. The minimum Gasteiger partial charge on any atom is -0.488 e. The zero-order valence-corrected chi connectivity index (χ0v) is 30.7. The van der Waals surface area contributed by atoms with E-state index in [0.29, 0.717) is 41.6 Å². The highest BCUT2D eigenvalue weighted by Crippen LogP contribution is 2.36. The number of hydrogen-bond acceptors (Lipinski definition) is 10. The molecule has 2 aliphatic rings. The molecule has 4 heterocycles. The van der Waals surface area contributed by atoms with E-state index in [-0.39, 0.29) is 13.2 Å². The van der Waals surface area contributed by atoms with Crippen molar-refractivity contribution in [2.75, 3.05) is 44.7 Å². The molecule has 0 bridgehead atoms. The molecule has 1 atom stereocenters. The number of carbonyl (C=O) groups is 1. The van der Waals surface area contributed by atoms with E-state index in [4.69, 9.17) is 31.0 Å². The summed E-state index contributed by atoms with van der Waals surface area (Å²) in [5.74, 6) is 1.05. The number of ether oxygens (including phenoxy) is 2. The van der Waals surface area contributed by atoms with Crippen LogP contribution in [0.1, 0.15) is 47.1 Å². The molecule has 0 spiro atoms. The molecule has 0 aliphatic carbocycles. The molecule has 1 unspecified atom stereocenters. The lowest BCUT2D eigenvalue weighted by atomic mass is 9.96. The second kappa shape index (κ2) is 16.2. The molecule has 11 nitrogen and oxygen atoms in total. The average molecular weight is 732 g/mol. The smallest absolute Gasteiger partial charge is 0.320 e. The van der Waals surface area contributed by atoms with Gasteiger partial charge in [0.25, 0.3) is 0 Å². The van der Waals surface area contributed by atoms with Crippen LogP contribution >= 0.6 is 11.6 Å². The number of piperazine rings is 1. The highest BCUT2D eigenvalue weighted by Gasteiger charge is 2.29. The van der Waals surface area contributed by atoms with Crippen molar-refractivity contribution in [3.63, 3.8) is 0 Å². The summed E-state index contributed by atoms with van der Waals surface area (Å²) in [4.78, 5) is 32.5. The van der Waals surface area contributed by atoms with Crippen LogP contribution in [-0.4, -0.2) is 81.6 Å². The molecule has 5 aromatic rings. The molecule has 1 N–H and O–H groups in total. The molecule has 3 aromatic carbocycles. The number of nitriles is 1. The van der Waals surface area contributed by atoms with Gasteiger partial charge >= 0.3 is 5.97 Å². The normalized spacial score (nSPS) is 16.7. The molecule has 2 saturated heterocycles. The van der Waals surface area contributed by atoms with Crippen molar-refractivity contribution in [1.29, 1.82) is 5.26 Å². The van der Waals surface area contributed by atoms with Gasteiger partial charge in [0, 0.05) is 62.3 Å². The van der Waals surface area contributed by atoms with Gasteiger partial charge in [-0.15, -0.1) is 0 Å². The van der Waals surface area contributed by atoms with Gasteiger partial charge in [-0.2, -0.15) is 5.26 Å². The maximum Gasteiger partial charge on any atom is 0.320 e. The molecule has 2 aromatic heterocycles. The fourth-order valence-electron chi connectivity index (χ4n) is 7.08. The minimum atomic E-state index is -0.831. The zero-order valence-electron chi connectivity index (χ0n) is 30.0. The van der Waals surface area contributed by atoms with Crippen LogP contribution in [-0.2, 0) is 24.6 Å². The number of carboxylic acids is 1. The van der Waals surface area contributed by atoms with E-state index in [1.165, 1.54) is 6.20 Å². The van der Waals surface area contributed by atoms with Gasteiger partial charge in [0.2, 0.25) is 0 Å². The molecular weight excluding hydrogens is 690 g/mol. The number of anilines is 1. The van der Waals surface area contributed by atoms with Gasteiger partial charge in [-0.05, 0) is 79.9 Å². The van der Waals surface area contributed by atoms with Crippen LogP contribution in [0.4, 0.5) is 5.82 Å². The summed E-state index contributed by atoms with van der Waals surface area (Å²) in [6.45, 7) is 7.38. The summed E-state index contributed by atoms with van der Waals surface area (Å²) >= 11 is 6.86. The number of hydrogen-bond donors (Lipinski definition) is 1. The number of halogens is 1. The quantitative estimate of drug-likeness (QED) is 0.153. The van der Waals surface area contributed by atoms with Crippen molar-refractivity contribution in [3.8, 4) is 28.7 Å². The summed E-state index contributed by atoms with van der Waals surface area (Å²) in [5.41, 5.74) is 7.84. The van der Waals surface area contributed by atoms with Crippen LogP contribution < -0.4 is 14.4 Å². The fourth-order valence-corrected chi connectivity index (χ4v) is 7.32. The van der Waals surface area contributed by atoms with Crippen molar-refractivity contribution in [3.05, 3.63) is 106 Å². The Kier molecular flexibility index (Phi) is 11.0. The van der Waals surface area contributed by atoms with Crippen LogP contribution in [0.3, 0.4) is 0 Å². The van der Waals surface area contributed by atoms with Crippen molar-refractivity contribution in [2.45, 2.75) is 52.0 Å². The van der Waals surface area contributed by atoms with Crippen molar-refractivity contribution in [1.82, 2.24) is 24.8 Å². The van der Waals surface area contributed by atoms with Gasteiger partial charge in [-0.25, -0.2) is 4.98 Å². The van der Waals surface area contributed by atoms with E-state index in [9.17, 15) is 15.2 Å². The standard InChI is InChI=1S/C41H42ClN7O4/c1-27-31(6-5-7-33(27)30-9-10-35-36(18-30)46-40(23-45-35)48-14-12-47(2)13-15-48)26-53-39-19-38(52-25-29-16-28(20-43)21-44-22-29)32(17-34(39)42)24-49-11-4-3-8-37(49)41(50)51/h5-7,9-10,16-19,21-23,37H,3-4,8,11-15,24-26H2,1-2H3,(H,50,51). The predicted molar refractivity (Wildman–Crippen MR) is 204 cm³/mol. The van der Waals surface area contributed by atoms with Crippen molar-refractivity contribution < 1.29 is 19.4 Å². The van der Waals surface area contributed by atoms with Crippen LogP contribution in [0, 0.1) is 18.3 Å². The first-order valence-corrected chi connectivity index (χ1v) is 18.3. The second-order valence-electron chi connectivity index (χ2n) is 13.8. The second-order valence-corrected chi connectivity index (χ2v) is 14.2. The number of rotatable bonds is 11. The van der Waals surface area contributed by atoms with Gasteiger partial charge in [0.15, 0.2) is 0 Å². The summed E-state index contributed by atoms with van der Waals surface area (Å²) in [6.07, 6.45) is 7.42. The molecule has 0 saturated carbocycles.